The van der Waals surface area contributed by atoms with Gasteiger partial charge in [-0.25, -0.2) is 0 Å². The van der Waals surface area contributed by atoms with Crippen LogP contribution in [0.4, 0.5) is 18.9 Å². The molecular formula is C13H13F3N2O3. The van der Waals surface area contributed by atoms with Gasteiger partial charge >= 0.3 is 6.18 Å². The summed E-state index contributed by atoms with van der Waals surface area (Å²) in [5.74, 6) is 0. The summed E-state index contributed by atoms with van der Waals surface area (Å²) < 4.78 is 39.1. The van der Waals surface area contributed by atoms with Crippen molar-refractivity contribution in [1.82, 2.24) is 5.32 Å². The minimum Gasteiger partial charge on any atom is -0.391 e. The Hall–Kier alpha value is -1.67. The predicted molar refractivity (Wildman–Crippen MR) is 66.6 cm³/mol. The van der Waals surface area contributed by atoms with Gasteiger partial charge in [-0.3, -0.25) is 10.1 Å². The van der Waals surface area contributed by atoms with Crippen LogP contribution < -0.4 is 5.32 Å². The van der Waals surface area contributed by atoms with Crippen molar-refractivity contribution in [2.45, 2.75) is 43.1 Å². The summed E-state index contributed by atoms with van der Waals surface area (Å²) >= 11 is 0. The van der Waals surface area contributed by atoms with Crippen LogP contribution in [0.5, 0.6) is 0 Å². The molecule has 3 unspecified atom stereocenters. The van der Waals surface area contributed by atoms with E-state index in [1.807, 2.05) is 0 Å². The molecule has 114 valence electrons. The van der Waals surface area contributed by atoms with Gasteiger partial charge in [-0.2, -0.15) is 13.2 Å². The Morgan fingerprint density at radius 2 is 2.14 bits per heavy atom. The number of nitrogens with one attached hydrogen (secondary N) is 1. The van der Waals surface area contributed by atoms with Crippen molar-refractivity contribution in [2.75, 3.05) is 0 Å². The molecule has 8 heteroatoms. The molecule has 3 atom stereocenters. The van der Waals surface area contributed by atoms with Crippen LogP contribution in [-0.2, 0) is 11.7 Å². The Morgan fingerprint density at radius 1 is 1.43 bits per heavy atom. The fourth-order valence-electron chi connectivity index (χ4n) is 3.42. The molecule has 2 saturated heterocycles. The maximum absolute atomic E-state index is 13.0. The molecule has 2 aliphatic rings. The zero-order valence-corrected chi connectivity index (χ0v) is 10.9. The van der Waals surface area contributed by atoms with E-state index in [0.717, 1.165) is 12.1 Å². The van der Waals surface area contributed by atoms with Gasteiger partial charge in [-0.05, 0) is 30.9 Å². The van der Waals surface area contributed by atoms with Crippen molar-refractivity contribution < 1.29 is 23.2 Å². The topological polar surface area (TPSA) is 75.4 Å². The van der Waals surface area contributed by atoms with Gasteiger partial charge < -0.3 is 10.4 Å². The third kappa shape index (κ3) is 2.18. The molecule has 21 heavy (non-hydrogen) atoms. The Morgan fingerprint density at radius 3 is 2.62 bits per heavy atom. The van der Waals surface area contributed by atoms with Crippen LogP contribution in [-0.4, -0.2) is 22.2 Å². The second kappa shape index (κ2) is 4.41. The van der Waals surface area contributed by atoms with Crippen molar-refractivity contribution in [1.29, 1.82) is 0 Å². The number of nitrogens with zero attached hydrogens (tertiary/aromatic N) is 1. The van der Waals surface area contributed by atoms with Crippen LogP contribution in [0.2, 0.25) is 0 Å². The molecule has 0 saturated carbocycles. The van der Waals surface area contributed by atoms with Crippen LogP contribution in [0.3, 0.4) is 0 Å². The molecule has 0 aliphatic carbocycles. The molecule has 2 heterocycles. The number of hydrogen-bond donors (Lipinski definition) is 2. The second-order valence-electron chi connectivity index (χ2n) is 5.63. The highest BCUT2D eigenvalue weighted by molar-refractivity contribution is 5.47. The Bertz CT molecular complexity index is 601. The lowest BCUT2D eigenvalue weighted by molar-refractivity contribution is -0.388. The summed E-state index contributed by atoms with van der Waals surface area (Å²) in [6.07, 6.45) is -3.76. The zero-order chi connectivity index (χ0) is 15.4. The summed E-state index contributed by atoms with van der Waals surface area (Å²) in [6.45, 7) is 0. The van der Waals surface area contributed by atoms with Crippen LogP contribution in [0.25, 0.3) is 0 Å². The fraction of sp³-hybridized carbons (Fsp3) is 0.538. The Kier molecular flexibility index (Phi) is 3.00. The van der Waals surface area contributed by atoms with E-state index in [1.165, 1.54) is 6.07 Å². The van der Waals surface area contributed by atoms with E-state index < -0.39 is 34.0 Å². The highest BCUT2D eigenvalue weighted by Crippen LogP contribution is 2.47. The highest BCUT2D eigenvalue weighted by atomic mass is 19.4. The van der Waals surface area contributed by atoms with E-state index in [2.05, 4.69) is 5.32 Å². The average Bonchev–Trinajstić information content (AvgIpc) is 2.95. The molecule has 1 aromatic carbocycles. The predicted octanol–water partition coefficient (Wildman–Crippen LogP) is 2.33. The van der Waals surface area contributed by atoms with E-state index in [-0.39, 0.29) is 6.04 Å². The Balaban J connectivity index is 2.08. The summed E-state index contributed by atoms with van der Waals surface area (Å²) in [6, 6.07) is 2.97. The van der Waals surface area contributed by atoms with Gasteiger partial charge in [0.25, 0.3) is 5.69 Å². The van der Waals surface area contributed by atoms with E-state index in [4.69, 9.17) is 0 Å². The number of aliphatic hydroxyl groups is 1. The summed E-state index contributed by atoms with van der Waals surface area (Å²) in [4.78, 5) is 9.73. The number of halogens is 3. The maximum Gasteiger partial charge on any atom is 0.423 e. The third-order valence-electron chi connectivity index (χ3n) is 4.42. The Labute approximate surface area is 117 Å². The highest BCUT2D eigenvalue weighted by Gasteiger charge is 2.51. The largest absolute Gasteiger partial charge is 0.423 e. The first-order chi connectivity index (χ1) is 9.73. The lowest BCUT2D eigenvalue weighted by Gasteiger charge is -2.28. The van der Waals surface area contributed by atoms with Crippen molar-refractivity contribution in [3.8, 4) is 0 Å². The van der Waals surface area contributed by atoms with E-state index in [1.54, 1.807) is 0 Å². The average molecular weight is 302 g/mol. The van der Waals surface area contributed by atoms with Gasteiger partial charge in [-0.15, -0.1) is 0 Å². The SMILES string of the molecule is O=[N+]([O-])c1ccc(C23CCC(N2)C(O)C3)cc1C(F)(F)F. The van der Waals surface area contributed by atoms with Crippen molar-refractivity contribution >= 4 is 5.69 Å². The monoisotopic (exact) mass is 302 g/mol. The second-order valence-corrected chi connectivity index (χ2v) is 5.63. The number of nitro groups is 1. The molecule has 0 spiro atoms. The molecule has 0 aromatic heterocycles. The standard InChI is InChI=1S/C13H13F3N2O3/c14-13(15,16)8-5-7(1-2-10(8)18(20)21)12-4-3-9(17-12)11(19)6-12/h1-2,5,9,11,17,19H,3-4,6H2. The maximum atomic E-state index is 13.0. The number of nitro benzene ring substituents is 1. The zero-order valence-electron chi connectivity index (χ0n) is 10.9. The molecule has 3 rings (SSSR count). The van der Waals surface area contributed by atoms with Gasteiger partial charge in [0, 0.05) is 17.6 Å². The van der Waals surface area contributed by atoms with Gasteiger partial charge in [0.15, 0.2) is 0 Å². The molecule has 0 amide bonds. The number of benzene rings is 1. The van der Waals surface area contributed by atoms with Gasteiger partial charge in [0.05, 0.1) is 11.0 Å². The quantitative estimate of drug-likeness (QED) is 0.649. The number of alkyl halides is 3. The summed E-state index contributed by atoms with van der Waals surface area (Å²) in [7, 11) is 0. The molecule has 2 bridgehead atoms. The van der Waals surface area contributed by atoms with Crippen LogP contribution in [0.15, 0.2) is 18.2 Å². The molecule has 2 fully saturated rings. The number of fused-ring (bicyclic) bond motifs is 2. The molecular weight excluding hydrogens is 289 g/mol. The molecule has 2 N–H and O–H groups in total. The first-order valence-electron chi connectivity index (χ1n) is 6.55. The molecule has 5 nitrogen and oxygen atoms in total. The van der Waals surface area contributed by atoms with E-state index >= 15 is 0 Å². The molecule has 0 radical (unpaired) electrons. The minimum absolute atomic E-state index is 0.116. The molecule has 1 aromatic rings. The van der Waals surface area contributed by atoms with Crippen molar-refractivity contribution in [2.24, 2.45) is 0 Å². The van der Waals surface area contributed by atoms with Crippen LogP contribution in [0, 0.1) is 10.1 Å². The van der Waals surface area contributed by atoms with Gasteiger partial charge in [-0.1, -0.05) is 6.07 Å². The molecule has 2 aliphatic heterocycles. The third-order valence-corrected chi connectivity index (χ3v) is 4.42. The smallest absolute Gasteiger partial charge is 0.391 e. The summed E-state index contributed by atoms with van der Waals surface area (Å²) in [5.41, 5.74) is -2.56. The van der Waals surface area contributed by atoms with E-state index in [9.17, 15) is 28.4 Å². The lowest BCUT2D eigenvalue weighted by Crippen LogP contribution is -2.33. The normalized spacial score (nSPS) is 31.6. The van der Waals surface area contributed by atoms with Crippen LogP contribution >= 0.6 is 0 Å². The van der Waals surface area contributed by atoms with Crippen molar-refractivity contribution in [3.05, 3.63) is 39.4 Å². The van der Waals surface area contributed by atoms with Crippen molar-refractivity contribution in [3.63, 3.8) is 0 Å². The number of aliphatic hydroxyl groups excluding tert-OH is 1. The number of rotatable bonds is 2. The first kappa shape index (κ1) is 14.3. The summed E-state index contributed by atoms with van der Waals surface area (Å²) in [5, 5.41) is 23.7. The van der Waals surface area contributed by atoms with Gasteiger partial charge in [0.1, 0.15) is 5.56 Å². The fourth-order valence-corrected chi connectivity index (χ4v) is 3.42. The van der Waals surface area contributed by atoms with E-state index in [0.29, 0.717) is 24.8 Å². The number of hydrogen-bond acceptors (Lipinski definition) is 4. The lowest BCUT2D eigenvalue weighted by atomic mass is 9.80. The minimum atomic E-state index is -4.79. The van der Waals surface area contributed by atoms with Crippen LogP contribution in [0.1, 0.15) is 30.4 Å². The van der Waals surface area contributed by atoms with Gasteiger partial charge in [0.2, 0.25) is 0 Å². The first-order valence-corrected chi connectivity index (χ1v) is 6.55.